The van der Waals surface area contributed by atoms with Gasteiger partial charge in [-0.3, -0.25) is 34.1 Å². The number of rotatable bonds is 9. The van der Waals surface area contributed by atoms with Crippen LogP contribution in [0.1, 0.15) is 86.8 Å². The van der Waals surface area contributed by atoms with Crippen LogP contribution < -0.4 is 37.2 Å². The van der Waals surface area contributed by atoms with Crippen molar-refractivity contribution in [2.24, 2.45) is 23.7 Å². The number of H-pyrrole nitrogens is 2. The molecule has 2 aliphatic heterocycles. The molecule has 6 amide bonds. The quantitative estimate of drug-likeness (QED) is 0.119. The van der Waals surface area contributed by atoms with Gasteiger partial charge in [-0.1, -0.05) is 91.8 Å². The second-order valence-electron chi connectivity index (χ2n) is 19.4. The standard InChI is InChI=1S/C48H67N9O6S/c1-24(2)19-34-42(59)54-37(25(3)4)44(61)53-36(21-29-23-50-33-18-14-12-16-31(29)33)43(60)56-39(27(7)8)47-57-40(48(9,10)64-47)46(63)55-38(26(5)6)45(62)52-35(41(58)51-34)20-28-22-49-32-17-13-11-15-30(28)32/h11-18,22-27,34-40,47,49-50,57H,19-21H2,1-10H3,(H,51,58)(H,52,62)(H,53,61)(H,54,59)(H,55,63)(H,56,60)/t34-,35+,36-,37+,38-,39+,40-,47?/m1/s1. The Kier molecular flexibility index (Phi) is 15.2. The molecule has 2 bridgehead atoms. The van der Waals surface area contributed by atoms with Crippen molar-refractivity contribution in [3.05, 3.63) is 72.1 Å². The van der Waals surface area contributed by atoms with E-state index in [1.807, 2.05) is 110 Å². The zero-order chi connectivity index (χ0) is 46.6. The predicted molar refractivity (Wildman–Crippen MR) is 252 cm³/mol. The minimum atomic E-state index is -1.15. The van der Waals surface area contributed by atoms with E-state index < -0.39 is 93.8 Å². The third-order valence-corrected chi connectivity index (χ3v) is 13.9. The number of benzene rings is 2. The number of carbonyl (C=O) groups is 6. The first-order valence-electron chi connectivity index (χ1n) is 22.6. The lowest BCUT2D eigenvalue weighted by molar-refractivity contribution is -0.136. The first-order chi connectivity index (χ1) is 30.2. The van der Waals surface area contributed by atoms with Gasteiger partial charge in [0.05, 0.1) is 11.4 Å². The van der Waals surface area contributed by atoms with Gasteiger partial charge in [-0.05, 0) is 67.2 Å². The van der Waals surface area contributed by atoms with Crippen LogP contribution in [0.25, 0.3) is 21.8 Å². The summed E-state index contributed by atoms with van der Waals surface area (Å²) in [4.78, 5) is 93.3. The molecule has 346 valence electrons. The summed E-state index contributed by atoms with van der Waals surface area (Å²) in [6.45, 7) is 19.0. The molecule has 2 aliphatic rings. The second kappa shape index (κ2) is 20.2. The number of nitrogens with one attached hydrogen (secondary N) is 9. The summed E-state index contributed by atoms with van der Waals surface area (Å²) in [6.07, 6.45) is 4.09. The lowest BCUT2D eigenvalue weighted by atomic mass is 9.97. The summed E-state index contributed by atoms with van der Waals surface area (Å²) in [5.74, 6) is -4.05. The Hall–Kier alpha value is -5.35. The Morgan fingerprint density at radius 2 is 0.969 bits per heavy atom. The van der Waals surface area contributed by atoms with E-state index in [2.05, 4.69) is 47.2 Å². The minimum absolute atomic E-state index is 0.0523. The molecule has 0 aliphatic carbocycles. The van der Waals surface area contributed by atoms with E-state index in [9.17, 15) is 28.8 Å². The van der Waals surface area contributed by atoms with E-state index in [-0.39, 0.29) is 37.0 Å². The lowest BCUT2D eigenvalue weighted by Gasteiger charge is -2.32. The Morgan fingerprint density at radius 1 is 0.531 bits per heavy atom. The van der Waals surface area contributed by atoms with Crippen molar-refractivity contribution in [3.63, 3.8) is 0 Å². The Labute approximate surface area is 380 Å². The number of hydrogen-bond acceptors (Lipinski definition) is 8. The molecular formula is C48H67N9O6S. The Morgan fingerprint density at radius 3 is 1.44 bits per heavy atom. The maximum atomic E-state index is 14.6. The van der Waals surface area contributed by atoms with E-state index in [0.29, 0.717) is 0 Å². The Balaban J connectivity index is 1.41. The van der Waals surface area contributed by atoms with Gasteiger partial charge in [0.1, 0.15) is 36.3 Å². The molecule has 0 radical (unpaired) electrons. The highest BCUT2D eigenvalue weighted by Crippen LogP contribution is 2.40. The molecule has 8 atom stereocenters. The smallest absolute Gasteiger partial charge is 0.243 e. The molecule has 0 saturated carbocycles. The van der Waals surface area contributed by atoms with E-state index in [1.165, 1.54) is 11.8 Å². The molecule has 9 N–H and O–H groups in total. The van der Waals surface area contributed by atoms with Crippen molar-refractivity contribution in [2.45, 2.75) is 141 Å². The van der Waals surface area contributed by atoms with Crippen LogP contribution in [0.4, 0.5) is 0 Å². The molecule has 4 heterocycles. The fourth-order valence-corrected chi connectivity index (χ4v) is 10.4. The summed E-state index contributed by atoms with van der Waals surface area (Å²) in [5.41, 5.74) is 3.34. The molecule has 2 aromatic heterocycles. The summed E-state index contributed by atoms with van der Waals surface area (Å²) in [5, 5.41) is 22.9. The molecule has 2 aromatic carbocycles. The van der Waals surface area contributed by atoms with Crippen LogP contribution in [0, 0.1) is 23.7 Å². The molecule has 64 heavy (non-hydrogen) atoms. The van der Waals surface area contributed by atoms with Crippen LogP contribution in [-0.4, -0.2) is 97.8 Å². The summed E-state index contributed by atoms with van der Waals surface area (Å²) >= 11 is 1.52. The predicted octanol–water partition coefficient (Wildman–Crippen LogP) is 4.18. The van der Waals surface area contributed by atoms with Gasteiger partial charge >= 0.3 is 0 Å². The highest BCUT2D eigenvalue weighted by molar-refractivity contribution is 8.01. The van der Waals surface area contributed by atoms with Crippen LogP contribution >= 0.6 is 11.8 Å². The number of para-hydroxylation sites is 2. The van der Waals surface area contributed by atoms with Crippen molar-refractivity contribution in [2.75, 3.05) is 0 Å². The maximum Gasteiger partial charge on any atom is 0.243 e. The van der Waals surface area contributed by atoms with Crippen LogP contribution in [0.15, 0.2) is 60.9 Å². The maximum absolute atomic E-state index is 14.6. The van der Waals surface area contributed by atoms with Gasteiger partial charge in [-0.25, -0.2) is 0 Å². The minimum Gasteiger partial charge on any atom is -0.361 e. The molecule has 16 heteroatoms. The number of aromatic amines is 2. The summed E-state index contributed by atoms with van der Waals surface area (Å²) < 4.78 is -0.675. The fraction of sp³-hybridized carbons (Fsp3) is 0.542. The number of hydrogen-bond donors (Lipinski definition) is 9. The van der Waals surface area contributed by atoms with E-state index in [1.54, 1.807) is 20.0 Å². The van der Waals surface area contributed by atoms with E-state index in [0.717, 1.165) is 32.9 Å². The fourth-order valence-electron chi connectivity index (χ4n) is 8.74. The van der Waals surface area contributed by atoms with Crippen LogP contribution in [0.2, 0.25) is 0 Å². The van der Waals surface area contributed by atoms with Crippen LogP contribution in [0.5, 0.6) is 0 Å². The van der Waals surface area contributed by atoms with Gasteiger partial charge in [0, 0.05) is 51.8 Å². The first-order valence-corrected chi connectivity index (χ1v) is 23.5. The van der Waals surface area contributed by atoms with Crippen molar-refractivity contribution >= 4 is 69.0 Å². The van der Waals surface area contributed by atoms with Crippen molar-refractivity contribution in [1.82, 2.24) is 47.2 Å². The molecule has 2 saturated heterocycles. The molecule has 15 nitrogen and oxygen atoms in total. The SMILES string of the molecule is CC(C)C[C@H]1NC(=O)[C@H](Cc2c[nH]c3ccccc23)NC(=O)[C@@H](C(C)C)NC(=O)[C@H]2NC(SC2(C)C)[C@H](C(C)C)NC(=O)[C@@H](Cc2c[nH]c3ccccc23)NC(=O)[C@H](C(C)C)NC1=O. The number of thioether (sulfide) groups is 1. The summed E-state index contributed by atoms with van der Waals surface area (Å²) in [6, 6.07) is 8.72. The van der Waals surface area contributed by atoms with Crippen LogP contribution in [-0.2, 0) is 41.6 Å². The van der Waals surface area contributed by atoms with Crippen molar-refractivity contribution < 1.29 is 28.8 Å². The van der Waals surface area contributed by atoms with Gasteiger partial charge in [-0.15, -0.1) is 11.8 Å². The third kappa shape index (κ3) is 11.1. The van der Waals surface area contributed by atoms with E-state index >= 15 is 0 Å². The molecule has 2 fully saturated rings. The van der Waals surface area contributed by atoms with Gasteiger partial charge in [0.2, 0.25) is 35.4 Å². The van der Waals surface area contributed by atoms with Crippen molar-refractivity contribution in [3.8, 4) is 0 Å². The van der Waals surface area contributed by atoms with Crippen molar-refractivity contribution in [1.29, 1.82) is 0 Å². The number of aromatic nitrogens is 2. The van der Waals surface area contributed by atoms with Gasteiger partial charge in [-0.2, -0.15) is 0 Å². The third-order valence-electron chi connectivity index (χ3n) is 12.4. The zero-order valence-electron chi connectivity index (χ0n) is 38.7. The number of carbonyl (C=O) groups excluding carboxylic acids is 6. The molecule has 4 aromatic rings. The Bertz CT molecular complexity index is 2340. The average molecular weight is 898 g/mol. The second-order valence-corrected chi connectivity index (χ2v) is 21.2. The molecule has 1 unspecified atom stereocenters. The van der Waals surface area contributed by atoms with Gasteiger partial charge in [0.15, 0.2) is 0 Å². The molecule has 0 spiro atoms. The topological polar surface area (TPSA) is 218 Å². The van der Waals surface area contributed by atoms with Crippen LogP contribution in [0.3, 0.4) is 0 Å². The molecular weight excluding hydrogens is 831 g/mol. The highest BCUT2D eigenvalue weighted by atomic mass is 32.2. The largest absolute Gasteiger partial charge is 0.361 e. The zero-order valence-corrected chi connectivity index (χ0v) is 39.5. The molecule has 6 rings (SSSR count). The highest BCUT2D eigenvalue weighted by Gasteiger charge is 2.49. The monoisotopic (exact) mass is 897 g/mol. The van der Waals surface area contributed by atoms with E-state index in [4.69, 9.17) is 0 Å². The van der Waals surface area contributed by atoms with Gasteiger partial charge in [0.25, 0.3) is 0 Å². The summed E-state index contributed by atoms with van der Waals surface area (Å²) in [7, 11) is 0. The number of fused-ring (bicyclic) bond motifs is 4. The first kappa shape index (κ1) is 48.1. The number of amides is 6. The lowest BCUT2D eigenvalue weighted by Crippen LogP contribution is -2.61. The normalized spacial score (nSPS) is 26.7. The van der Waals surface area contributed by atoms with Gasteiger partial charge < -0.3 is 41.9 Å². The average Bonchev–Trinajstić information content (AvgIpc) is 3.93.